The molecule has 0 aromatic heterocycles. The fraction of sp³-hybridized carbons (Fsp3) is 0.867. The number of hydroxylamine groups is 12. The summed E-state index contributed by atoms with van der Waals surface area (Å²) < 4.78 is 39.7. The maximum absolute atomic E-state index is 15.8. The highest BCUT2D eigenvalue weighted by Gasteiger charge is 2.60. The van der Waals surface area contributed by atoms with E-state index >= 15 is 28.8 Å². The Morgan fingerprint density at radius 1 is 0.298 bits per heavy atom. The summed E-state index contributed by atoms with van der Waals surface area (Å²) in [6.07, 6.45) is 4.40. The zero-order valence-corrected chi connectivity index (χ0v) is 75.5. The van der Waals surface area contributed by atoms with Gasteiger partial charge < -0.3 is 38.8 Å². The lowest BCUT2D eigenvalue weighted by Crippen LogP contribution is -2.61. The Labute approximate surface area is 685 Å². The molecule has 4 radical (unpaired) electrons. The Morgan fingerprint density at radius 3 is 0.693 bits per heavy atom. The van der Waals surface area contributed by atoms with Crippen LogP contribution >= 0.6 is 0 Å². The summed E-state index contributed by atoms with van der Waals surface area (Å²) in [5, 5.41) is 84.6. The van der Waals surface area contributed by atoms with Crippen molar-refractivity contribution < 1.29 is 88.4 Å². The Bertz CT molecular complexity index is 3210. The van der Waals surface area contributed by atoms with E-state index in [-0.39, 0.29) is 116 Å². The smallest absolute Gasteiger partial charge is 0.323 e. The molecule has 114 heavy (non-hydrogen) atoms. The molecule has 0 amide bonds. The highest BCUT2D eigenvalue weighted by molar-refractivity contribution is 6.01. The Kier molecular flexibility index (Phi) is 30.3. The van der Waals surface area contributed by atoms with Gasteiger partial charge in [0.25, 0.3) is 0 Å². The third-order valence-electron chi connectivity index (χ3n) is 26.7. The zero-order valence-electron chi connectivity index (χ0n) is 75.5. The van der Waals surface area contributed by atoms with Gasteiger partial charge in [-0.2, -0.15) is 10.1 Å². The second kappa shape index (κ2) is 35.7. The molecule has 24 nitrogen and oxygen atoms in total. The molecule has 0 aliphatic carbocycles. The van der Waals surface area contributed by atoms with Gasteiger partial charge in [0, 0.05) is 144 Å². The van der Waals surface area contributed by atoms with Gasteiger partial charge in [-0.25, -0.2) is 0 Å². The van der Waals surface area contributed by atoms with E-state index < -0.39 is 155 Å². The third kappa shape index (κ3) is 21.8. The van der Waals surface area contributed by atoms with Crippen molar-refractivity contribution in [2.24, 2.45) is 16.2 Å². The van der Waals surface area contributed by atoms with Gasteiger partial charge in [0.05, 0.1) is 0 Å². The molecule has 24 heteroatoms. The van der Waals surface area contributed by atoms with Gasteiger partial charge in [-0.05, 0) is 260 Å². The van der Waals surface area contributed by atoms with E-state index in [1.165, 1.54) is 10.1 Å². The summed E-state index contributed by atoms with van der Waals surface area (Å²) in [6, 6.07) is 6.14. The fourth-order valence-corrected chi connectivity index (χ4v) is 21.5. The van der Waals surface area contributed by atoms with Gasteiger partial charge in [0.15, 0.2) is 16.2 Å². The Balaban J connectivity index is 1.34. The molecule has 6 aliphatic rings. The number of benzene rings is 1. The second-order valence-corrected chi connectivity index (χ2v) is 43.4. The molecule has 2 N–H and O–H groups in total. The normalized spacial score (nSPS) is 24.5. The summed E-state index contributed by atoms with van der Waals surface area (Å²) in [6.45, 7) is 50.3. The Hall–Kier alpha value is -4.44. The van der Waals surface area contributed by atoms with Crippen molar-refractivity contribution in [2.75, 3.05) is 0 Å². The monoisotopic (exact) mass is 1610 g/mol. The molecule has 0 saturated carbocycles. The summed E-state index contributed by atoms with van der Waals surface area (Å²) in [5.74, 6) is -4.27. The highest BCUT2D eigenvalue weighted by Crippen LogP contribution is 2.50. The van der Waals surface area contributed by atoms with Crippen LogP contribution in [0, 0.1) is 16.2 Å². The van der Waals surface area contributed by atoms with Gasteiger partial charge in [-0.15, -0.1) is 41.1 Å². The number of nitrogens with zero attached hydrogens (tertiary/aromatic N) is 6. The molecule has 7 rings (SSSR count). The van der Waals surface area contributed by atoms with E-state index in [1.807, 2.05) is 199 Å². The maximum Gasteiger partial charge on any atom is 0.323 e. The minimum Gasteiger partial charge on any atom is -0.461 e. The van der Waals surface area contributed by atoms with Gasteiger partial charge in [-0.1, -0.05) is 77.5 Å². The first-order valence-corrected chi connectivity index (χ1v) is 43.4. The topological polar surface area (TPSA) is 297 Å². The minimum absolute atomic E-state index is 0.000792. The van der Waals surface area contributed by atoms with E-state index in [4.69, 9.17) is 28.4 Å². The number of hydrogen-bond donors (Lipinski definition) is 2. The average molecular weight is 1610 g/mol. The zero-order chi connectivity index (χ0) is 86.2. The number of hydrogen-bond acceptors (Lipinski definition) is 20. The molecule has 6 saturated heterocycles. The first-order valence-electron chi connectivity index (χ1n) is 43.4. The molecular formula is C90H152N6O18. The lowest BCUT2D eigenvalue weighted by molar-refractivity contribution is -0.301. The number of aryl methyl sites for hydroxylation is 3. The molecule has 6 aliphatic heterocycles. The predicted octanol–water partition coefficient (Wildman–Crippen LogP) is 17.7. The largest absolute Gasteiger partial charge is 0.461 e. The van der Waals surface area contributed by atoms with Crippen molar-refractivity contribution in [1.82, 2.24) is 30.4 Å². The number of unbranched alkanes of at least 4 members (excludes halogenated alkanes) is 3. The molecule has 650 valence electrons. The van der Waals surface area contributed by atoms with Crippen molar-refractivity contribution in [2.45, 2.75) is 483 Å². The van der Waals surface area contributed by atoms with Crippen LogP contribution < -0.4 is 0 Å². The van der Waals surface area contributed by atoms with Crippen molar-refractivity contribution in [3.05, 3.63) is 34.9 Å². The molecule has 1 aromatic carbocycles. The molecule has 1 aromatic rings. The lowest BCUT2D eigenvalue weighted by atomic mass is 9.75. The van der Waals surface area contributed by atoms with E-state index in [0.29, 0.717) is 77.0 Å². The number of esters is 6. The second-order valence-electron chi connectivity index (χ2n) is 43.4. The average Bonchev–Trinajstić information content (AvgIpc) is 0.775. The standard InChI is InChI=1S/C90H152N6O18/c1-28-31-42-88(70(97)109-64-49-76(4,5)91(103)77(6,7)50-64,71(98)110-65-51-78(8,9)92(104)79(10,11)52-65)45-34-37-61-40-41-62(38-35-46-89(43-32-29-2,72(99)111-66-53-80(12,13)93(105)81(14,15)54-66)73(100)112-67-55-82(16,17)94(106)83(18,19)56-67)63(48-61)39-36-47-90(44-33-30-3,74(101)113-68-57-84(20,21)95(107)85(22,23)58-68)75(102)114-69-59-86(24,25)96(108)87(26,27)60-69/h40-41,48,64-69,103,107H,28-39,42-47,49-60H2,1-27H3. The first-order chi connectivity index (χ1) is 52.1. The summed E-state index contributed by atoms with van der Waals surface area (Å²) in [5.41, 5.74) is -13.3. The van der Waals surface area contributed by atoms with Crippen molar-refractivity contribution in [3.63, 3.8) is 0 Å². The molecule has 6 fully saturated rings. The van der Waals surface area contributed by atoms with E-state index in [0.717, 1.165) is 36.9 Å². The van der Waals surface area contributed by atoms with E-state index in [9.17, 15) is 31.2 Å². The third-order valence-corrected chi connectivity index (χ3v) is 26.7. The van der Waals surface area contributed by atoms with Crippen LogP contribution in [0.5, 0.6) is 0 Å². The SMILES string of the molecule is CCCCC(CCCc1ccc(CCCC(CCCC)(C(=O)OC2CC(C)(C)N([O])C(C)(C)C2)C(=O)OC2CC(C)(C)N(O)C(C)(C)C2)cc1CCCC(CCCC)(C(=O)OC1CC(C)(C)N([O])C(C)(C)C1)C(=O)OC1CC(C)(C)N(O)C(C)(C)C1)(C(=O)OC1CC(C)(C)N([O])C(C)(C)C1)C(=O)OC1CC(C)(C)N([O])C(C)(C)C1. The molecule has 6 heterocycles. The van der Waals surface area contributed by atoms with Crippen molar-refractivity contribution in [1.29, 1.82) is 0 Å². The lowest BCUT2D eigenvalue weighted by Gasteiger charge is -2.51. The van der Waals surface area contributed by atoms with Gasteiger partial charge in [0.1, 0.15) is 36.6 Å². The molecular weight excluding hydrogens is 1450 g/mol. The van der Waals surface area contributed by atoms with Crippen molar-refractivity contribution in [3.8, 4) is 0 Å². The fourth-order valence-electron chi connectivity index (χ4n) is 21.5. The number of piperidine rings is 6. The van der Waals surface area contributed by atoms with Crippen molar-refractivity contribution >= 4 is 35.8 Å². The van der Waals surface area contributed by atoms with Crippen LogP contribution in [0.25, 0.3) is 0 Å². The van der Waals surface area contributed by atoms with Crippen LogP contribution in [-0.2, 0) is 97.3 Å². The van der Waals surface area contributed by atoms with Gasteiger partial charge in [0.2, 0.25) is 0 Å². The first kappa shape index (κ1) is 96.7. The Morgan fingerprint density at radius 2 is 0.482 bits per heavy atom. The number of carbonyl (C=O) groups excluding carboxylic acids is 6. The minimum atomic E-state index is -1.83. The molecule has 2 unspecified atom stereocenters. The summed E-state index contributed by atoms with van der Waals surface area (Å²) >= 11 is 0. The van der Waals surface area contributed by atoms with Crippen LogP contribution in [0.15, 0.2) is 18.2 Å². The van der Waals surface area contributed by atoms with Crippen LogP contribution in [0.2, 0.25) is 0 Å². The summed E-state index contributed by atoms with van der Waals surface area (Å²) in [7, 11) is 0. The molecule has 2 atom stereocenters. The predicted molar refractivity (Wildman–Crippen MR) is 432 cm³/mol. The quantitative estimate of drug-likeness (QED) is 0.0375. The highest BCUT2D eigenvalue weighted by atomic mass is 16.6. The van der Waals surface area contributed by atoms with E-state index in [2.05, 4.69) is 6.07 Å². The van der Waals surface area contributed by atoms with Gasteiger partial charge in [-0.3, -0.25) is 28.8 Å². The van der Waals surface area contributed by atoms with Crippen LogP contribution in [0.3, 0.4) is 0 Å². The maximum atomic E-state index is 15.8. The number of ether oxygens (including phenoxy) is 6. The van der Waals surface area contributed by atoms with Crippen LogP contribution in [-0.4, -0.2) is 180 Å². The van der Waals surface area contributed by atoms with Crippen LogP contribution in [0.4, 0.5) is 0 Å². The summed E-state index contributed by atoms with van der Waals surface area (Å²) in [4.78, 5) is 94.2. The number of rotatable bonds is 33. The number of carbonyl (C=O) groups is 6. The van der Waals surface area contributed by atoms with Gasteiger partial charge >= 0.3 is 35.8 Å². The van der Waals surface area contributed by atoms with E-state index in [1.54, 1.807) is 0 Å². The molecule has 0 spiro atoms. The molecule has 0 bridgehead atoms. The van der Waals surface area contributed by atoms with Crippen LogP contribution in [0.1, 0.15) is 377 Å².